The van der Waals surface area contributed by atoms with E-state index in [0.29, 0.717) is 5.75 Å². The maximum atomic E-state index is 11.8. The number of nitrogens with one attached hydrogen (secondary N) is 1. The highest BCUT2D eigenvalue weighted by Crippen LogP contribution is 2.20. The first-order valence-electron chi connectivity index (χ1n) is 5.69. The number of hydrogen-bond acceptors (Lipinski definition) is 3. The van der Waals surface area contributed by atoms with Crippen molar-refractivity contribution >= 4 is 33.6 Å². The van der Waals surface area contributed by atoms with Crippen LogP contribution in [0.25, 0.3) is 0 Å². The van der Waals surface area contributed by atoms with E-state index in [1.54, 1.807) is 20.8 Å². The predicted molar refractivity (Wildman–Crippen MR) is 78.8 cm³/mol. The van der Waals surface area contributed by atoms with Gasteiger partial charge in [-0.1, -0.05) is 15.9 Å². The summed E-state index contributed by atoms with van der Waals surface area (Å²) in [6.45, 7) is 5.28. The molecule has 1 aromatic rings. The molecule has 100 valence electrons. The first kappa shape index (κ1) is 15.5. The zero-order valence-corrected chi connectivity index (χ0v) is 13.1. The molecule has 0 bridgehead atoms. The smallest absolute Gasteiger partial charge is 0.230 e. The van der Waals surface area contributed by atoms with Crippen molar-refractivity contribution in [2.24, 2.45) is 0 Å². The van der Waals surface area contributed by atoms with Gasteiger partial charge in [0.25, 0.3) is 0 Å². The molecule has 0 radical (unpaired) electrons. The van der Waals surface area contributed by atoms with E-state index in [4.69, 9.17) is 0 Å². The minimum Gasteiger partial charge on any atom is -0.391 e. The van der Waals surface area contributed by atoms with Crippen molar-refractivity contribution in [1.82, 2.24) is 5.32 Å². The molecule has 1 atom stereocenters. The molecule has 0 aromatic heterocycles. The Bertz CT molecular complexity index is 404. The lowest BCUT2D eigenvalue weighted by Crippen LogP contribution is -2.51. The monoisotopic (exact) mass is 331 g/mol. The van der Waals surface area contributed by atoms with Gasteiger partial charge in [0.2, 0.25) is 5.91 Å². The van der Waals surface area contributed by atoms with Gasteiger partial charge >= 0.3 is 0 Å². The van der Waals surface area contributed by atoms with Gasteiger partial charge in [0.05, 0.1) is 17.4 Å². The Balaban J connectivity index is 2.44. The minimum absolute atomic E-state index is 0.0752. The average Bonchev–Trinajstić information content (AvgIpc) is 2.27. The quantitative estimate of drug-likeness (QED) is 0.815. The lowest BCUT2D eigenvalue weighted by Gasteiger charge is -2.29. The summed E-state index contributed by atoms with van der Waals surface area (Å²) in [6, 6.07) is 7.81. The molecular formula is C13H18BrNO2S. The molecule has 5 heteroatoms. The molecule has 1 unspecified atom stereocenters. The number of thioether (sulfide) groups is 1. The van der Waals surface area contributed by atoms with Crippen LogP contribution >= 0.6 is 27.7 Å². The third-order valence-electron chi connectivity index (χ3n) is 2.69. The highest BCUT2D eigenvalue weighted by molar-refractivity contribution is 9.10. The van der Waals surface area contributed by atoms with Gasteiger partial charge in [-0.05, 0) is 45.0 Å². The zero-order valence-electron chi connectivity index (χ0n) is 10.7. The van der Waals surface area contributed by atoms with E-state index in [2.05, 4.69) is 21.2 Å². The molecule has 0 spiro atoms. The van der Waals surface area contributed by atoms with Gasteiger partial charge in [-0.2, -0.15) is 0 Å². The Morgan fingerprint density at radius 1 is 1.44 bits per heavy atom. The molecule has 0 aliphatic heterocycles. The Hall–Kier alpha value is -0.520. The molecule has 0 fully saturated rings. The lowest BCUT2D eigenvalue weighted by molar-refractivity contribution is -0.121. The maximum absolute atomic E-state index is 11.8. The summed E-state index contributed by atoms with van der Waals surface area (Å²) in [6.07, 6.45) is -0.584. The number of rotatable bonds is 5. The summed E-state index contributed by atoms with van der Waals surface area (Å²) >= 11 is 4.84. The van der Waals surface area contributed by atoms with Gasteiger partial charge in [-0.15, -0.1) is 11.8 Å². The number of carbonyl (C=O) groups is 1. The molecule has 0 aliphatic carbocycles. The van der Waals surface area contributed by atoms with E-state index >= 15 is 0 Å². The number of halogens is 1. The number of aliphatic hydroxyl groups excluding tert-OH is 1. The van der Waals surface area contributed by atoms with Crippen molar-refractivity contribution in [3.05, 3.63) is 28.7 Å². The van der Waals surface area contributed by atoms with Gasteiger partial charge in [0.15, 0.2) is 0 Å². The molecule has 3 nitrogen and oxygen atoms in total. The van der Waals surface area contributed by atoms with Crippen LogP contribution in [-0.2, 0) is 4.79 Å². The van der Waals surface area contributed by atoms with Crippen molar-refractivity contribution in [2.75, 3.05) is 5.75 Å². The largest absolute Gasteiger partial charge is 0.391 e. The van der Waals surface area contributed by atoms with E-state index in [1.165, 1.54) is 11.8 Å². The number of amides is 1. The maximum Gasteiger partial charge on any atom is 0.230 e. The minimum atomic E-state index is -0.600. The topological polar surface area (TPSA) is 49.3 Å². The molecule has 1 amide bonds. The van der Waals surface area contributed by atoms with Gasteiger partial charge in [-0.25, -0.2) is 0 Å². The fourth-order valence-electron chi connectivity index (χ4n) is 1.18. The number of aliphatic hydroxyl groups is 1. The molecule has 0 aliphatic rings. The Labute approximate surface area is 120 Å². The van der Waals surface area contributed by atoms with Gasteiger partial charge in [0.1, 0.15) is 0 Å². The second-order valence-corrected chi connectivity index (χ2v) is 6.65. The summed E-state index contributed by atoms with van der Waals surface area (Å²) in [4.78, 5) is 12.8. The Morgan fingerprint density at radius 2 is 2.00 bits per heavy atom. The van der Waals surface area contributed by atoms with Crippen molar-refractivity contribution in [2.45, 2.75) is 37.3 Å². The Kier molecular flexibility index (Phi) is 5.69. The summed E-state index contributed by atoms with van der Waals surface area (Å²) in [5.74, 6) is 0.270. The van der Waals surface area contributed by atoms with Crippen molar-refractivity contribution < 1.29 is 9.90 Å². The molecule has 1 rings (SSSR count). The molecule has 1 aromatic carbocycles. The average molecular weight is 332 g/mol. The van der Waals surface area contributed by atoms with Crippen molar-refractivity contribution in [1.29, 1.82) is 0 Å². The second kappa shape index (κ2) is 6.59. The van der Waals surface area contributed by atoms with Gasteiger partial charge in [-0.3, -0.25) is 4.79 Å². The van der Waals surface area contributed by atoms with Crippen LogP contribution in [0, 0.1) is 0 Å². The fraction of sp³-hybridized carbons (Fsp3) is 0.462. The van der Waals surface area contributed by atoms with Crippen molar-refractivity contribution in [3.63, 3.8) is 0 Å². The first-order valence-corrected chi connectivity index (χ1v) is 7.46. The first-order chi connectivity index (χ1) is 8.31. The van der Waals surface area contributed by atoms with Crippen LogP contribution in [-0.4, -0.2) is 28.4 Å². The van der Waals surface area contributed by atoms with Crippen LogP contribution in [0.2, 0.25) is 0 Å². The Morgan fingerprint density at radius 3 is 2.50 bits per heavy atom. The fourth-order valence-corrected chi connectivity index (χ4v) is 2.14. The second-order valence-electron chi connectivity index (χ2n) is 4.69. The van der Waals surface area contributed by atoms with Crippen LogP contribution in [0.3, 0.4) is 0 Å². The van der Waals surface area contributed by atoms with E-state index in [1.807, 2.05) is 24.3 Å². The molecule has 0 saturated carbocycles. The van der Waals surface area contributed by atoms with Crippen LogP contribution < -0.4 is 5.32 Å². The van der Waals surface area contributed by atoms with Crippen LogP contribution in [0.4, 0.5) is 0 Å². The van der Waals surface area contributed by atoms with E-state index in [-0.39, 0.29) is 5.91 Å². The predicted octanol–water partition coefficient (Wildman–Crippen LogP) is 2.82. The molecule has 0 saturated heterocycles. The lowest BCUT2D eigenvalue weighted by atomic mass is 9.99. The van der Waals surface area contributed by atoms with Crippen LogP contribution in [0.1, 0.15) is 20.8 Å². The summed E-state index contributed by atoms with van der Waals surface area (Å²) in [5, 5.41) is 12.3. The molecule has 0 heterocycles. The standard InChI is InChI=1S/C13H18BrNO2S/c1-9(16)13(2,3)15-12(17)8-18-11-6-4-10(14)5-7-11/h4-7,9,16H,8H2,1-3H3,(H,15,17). The normalized spacial score (nSPS) is 13.2. The zero-order chi connectivity index (χ0) is 13.8. The van der Waals surface area contributed by atoms with Crippen LogP contribution in [0.15, 0.2) is 33.6 Å². The number of hydrogen-bond donors (Lipinski definition) is 2. The van der Waals surface area contributed by atoms with E-state index in [0.717, 1.165) is 9.37 Å². The molecule has 2 N–H and O–H groups in total. The summed E-state index contributed by atoms with van der Waals surface area (Å²) < 4.78 is 1.02. The SMILES string of the molecule is CC(O)C(C)(C)NC(=O)CSc1ccc(Br)cc1. The highest BCUT2D eigenvalue weighted by Gasteiger charge is 2.25. The van der Waals surface area contributed by atoms with Crippen LogP contribution in [0.5, 0.6) is 0 Å². The number of carbonyl (C=O) groups excluding carboxylic acids is 1. The molecule has 18 heavy (non-hydrogen) atoms. The van der Waals surface area contributed by atoms with E-state index < -0.39 is 11.6 Å². The van der Waals surface area contributed by atoms with Gasteiger partial charge < -0.3 is 10.4 Å². The third-order valence-corrected chi connectivity index (χ3v) is 4.23. The van der Waals surface area contributed by atoms with E-state index in [9.17, 15) is 9.90 Å². The van der Waals surface area contributed by atoms with Gasteiger partial charge in [0, 0.05) is 9.37 Å². The summed E-state index contributed by atoms with van der Waals surface area (Å²) in [5.41, 5.74) is -0.600. The third kappa shape index (κ3) is 5.00. The number of benzene rings is 1. The molecular weight excluding hydrogens is 314 g/mol. The van der Waals surface area contributed by atoms with Crippen molar-refractivity contribution in [3.8, 4) is 0 Å². The summed E-state index contributed by atoms with van der Waals surface area (Å²) in [7, 11) is 0. The highest BCUT2D eigenvalue weighted by atomic mass is 79.9.